The molecular formula is C19H23N3O5. The van der Waals surface area contributed by atoms with Crippen molar-refractivity contribution in [3.63, 3.8) is 0 Å². The van der Waals surface area contributed by atoms with Crippen molar-refractivity contribution in [1.29, 1.82) is 0 Å². The Balaban J connectivity index is 0.000000189. The largest absolute Gasteiger partial charge is 0.412 e. The quantitative estimate of drug-likeness (QED) is 0.301. The van der Waals surface area contributed by atoms with Crippen molar-refractivity contribution >= 4 is 34.2 Å². The molecular weight excluding hydrogens is 350 g/mol. The average Bonchev–Trinajstić information content (AvgIpc) is 3.18. The first-order valence-electron chi connectivity index (χ1n) is 8.69. The van der Waals surface area contributed by atoms with Crippen LogP contribution in [-0.2, 0) is 25.6 Å². The Bertz CT molecular complexity index is 847. The maximum absolute atomic E-state index is 11.2. The van der Waals surface area contributed by atoms with Crippen molar-refractivity contribution in [3.05, 3.63) is 36.0 Å². The highest BCUT2D eigenvalue weighted by molar-refractivity contribution is 6.68. The van der Waals surface area contributed by atoms with Gasteiger partial charge in [0.15, 0.2) is 0 Å². The van der Waals surface area contributed by atoms with Crippen LogP contribution in [0, 0.1) is 11.8 Å². The summed E-state index contributed by atoms with van der Waals surface area (Å²) in [7, 11) is 0. The second kappa shape index (κ2) is 8.70. The molecule has 2 unspecified atom stereocenters. The van der Waals surface area contributed by atoms with Gasteiger partial charge in [0.2, 0.25) is 17.5 Å². The molecule has 4 rings (SSSR count). The zero-order valence-electron chi connectivity index (χ0n) is 14.8. The number of fused-ring (bicyclic) bond motifs is 2. The van der Waals surface area contributed by atoms with Gasteiger partial charge in [-0.2, -0.15) is 0 Å². The Morgan fingerprint density at radius 2 is 1.67 bits per heavy atom. The minimum Gasteiger partial charge on any atom is -0.412 e. The SMILES string of the molecule is NNC(=O)Cc1c[nH]c2ccccc12.O.O=C1C(=O)C2CCCCC2C1=O. The number of H-pyrrole nitrogens is 1. The number of ketones is 3. The van der Waals surface area contributed by atoms with E-state index in [1.54, 1.807) is 0 Å². The molecule has 2 aliphatic rings. The molecule has 27 heavy (non-hydrogen) atoms. The molecule has 2 saturated carbocycles. The van der Waals surface area contributed by atoms with Gasteiger partial charge in [-0.3, -0.25) is 24.6 Å². The molecule has 2 atom stereocenters. The van der Waals surface area contributed by atoms with E-state index in [4.69, 9.17) is 5.84 Å². The standard InChI is InChI=1S/C10H11N3O.C9H10O3.H2O/c11-13-10(14)5-7-6-12-9-4-2-1-3-8(7)9;10-7-5-3-1-2-4-6(5)8(11)9(7)12;/h1-4,6,12H,5,11H2,(H,13,14);5-6H,1-4H2;1H2. The Morgan fingerprint density at radius 3 is 2.26 bits per heavy atom. The number of rotatable bonds is 2. The Kier molecular flexibility index (Phi) is 6.59. The molecule has 0 saturated heterocycles. The van der Waals surface area contributed by atoms with Crippen LogP contribution < -0.4 is 11.3 Å². The van der Waals surface area contributed by atoms with Crippen LogP contribution in [0.1, 0.15) is 31.2 Å². The van der Waals surface area contributed by atoms with Crippen molar-refractivity contribution in [2.45, 2.75) is 32.1 Å². The first-order valence-corrected chi connectivity index (χ1v) is 8.69. The lowest BCUT2D eigenvalue weighted by molar-refractivity contribution is -0.141. The number of amides is 1. The number of hydrogen-bond donors (Lipinski definition) is 3. The van der Waals surface area contributed by atoms with E-state index < -0.39 is 17.3 Å². The number of carbonyl (C=O) groups is 4. The number of hydrogen-bond acceptors (Lipinski definition) is 5. The molecule has 0 spiro atoms. The van der Waals surface area contributed by atoms with Gasteiger partial charge < -0.3 is 10.5 Å². The Morgan fingerprint density at radius 1 is 1.07 bits per heavy atom. The van der Waals surface area contributed by atoms with E-state index in [9.17, 15) is 19.2 Å². The molecule has 6 N–H and O–H groups in total. The maximum atomic E-state index is 11.2. The molecule has 8 heteroatoms. The summed E-state index contributed by atoms with van der Waals surface area (Å²) in [4.78, 5) is 47.5. The highest BCUT2D eigenvalue weighted by atomic mass is 16.2. The lowest BCUT2D eigenvalue weighted by Gasteiger charge is -2.20. The summed E-state index contributed by atoms with van der Waals surface area (Å²) >= 11 is 0. The van der Waals surface area contributed by atoms with Gasteiger partial charge in [-0.15, -0.1) is 0 Å². The smallest absolute Gasteiger partial charge is 0.264 e. The summed E-state index contributed by atoms with van der Waals surface area (Å²) in [6.45, 7) is 0. The zero-order chi connectivity index (χ0) is 18.7. The summed E-state index contributed by atoms with van der Waals surface area (Å²) in [5, 5.41) is 1.07. The highest BCUT2D eigenvalue weighted by Crippen LogP contribution is 2.36. The summed E-state index contributed by atoms with van der Waals surface area (Å²) in [5.41, 5.74) is 4.11. The molecule has 2 fully saturated rings. The third kappa shape index (κ3) is 4.12. The van der Waals surface area contributed by atoms with Crippen molar-refractivity contribution in [2.75, 3.05) is 0 Å². The number of aromatic amines is 1. The van der Waals surface area contributed by atoms with Gasteiger partial charge in [0.25, 0.3) is 5.78 Å². The van der Waals surface area contributed by atoms with Gasteiger partial charge in [-0.05, 0) is 24.5 Å². The van der Waals surface area contributed by atoms with E-state index in [0.29, 0.717) is 6.42 Å². The van der Waals surface area contributed by atoms with Crippen LogP contribution in [-0.4, -0.2) is 33.7 Å². The van der Waals surface area contributed by atoms with Gasteiger partial charge in [0, 0.05) is 28.9 Å². The number of hydrazine groups is 1. The lowest BCUT2D eigenvalue weighted by atomic mass is 9.81. The molecule has 1 heterocycles. The van der Waals surface area contributed by atoms with Crippen molar-refractivity contribution in [3.8, 4) is 0 Å². The highest BCUT2D eigenvalue weighted by Gasteiger charge is 2.48. The topological polar surface area (TPSA) is 154 Å². The van der Waals surface area contributed by atoms with Gasteiger partial charge in [0.1, 0.15) is 0 Å². The summed E-state index contributed by atoms with van der Waals surface area (Å²) in [5.74, 6) is 2.74. The molecule has 1 aromatic heterocycles. The fourth-order valence-corrected chi connectivity index (χ4v) is 3.72. The second-order valence-electron chi connectivity index (χ2n) is 6.66. The van der Waals surface area contributed by atoms with E-state index in [1.165, 1.54) is 0 Å². The van der Waals surface area contributed by atoms with Gasteiger partial charge in [-0.25, -0.2) is 5.84 Å². The van der Waals surface area contributed by atoms with Crippen molar-refractivity contribution in [2.24, 2.45) is 17.7 Å². The molecule has 1 aromatic carbocycles. The minimum absolute atomic E-state index is 0. The van der Waals surface area contributed by atoms with Crippen LogP contribution in [0.3, 0.4) is 0 Å². The summed E-state index contributed by atoms with van der Waals surface area (Å²) in [6, 6.07) is 7.84. The van der Waals surface area contributed by atoms with Crippen LogP contribution in [0.25, 0.3) is 10.9 Å². The fraction of sp³-hybridized carbons (Fsp3) is 0.368. The van der Waals surface area contributed by atoms with E-state index in [-0.39, 0.29) is 23.2 Å². The number of carbonyl (C=O) groups excluding carboxylic acids is 4. The van der Waals surface area contributed by atoms with E-state index in [1.807, 2.05) is 30.5 Å². The van der Waals surface area contributed by atoms with Crippen molar-refractivity contribution in [1.82, 2.24) is 10.4 Å². The van der Waals surface area contributed by atoms with E-state index >= 15 is 0 Å². The molecule has 0 aliphatic heterocycles. The third-order valence-corrected chi connectivity index (χ3v) is 5.07. The first kappa shape index (κ1) is 20.5. The third-order valence-electron chi connectivity index (χ3n) is 5.07. The normalized spacial score (nSPS) is 21.1. The molecule has 0 bridgehead atoms. The Labute approximate surface area is 155 Å². The van der Waals surface area contributed by atoms with E-state index in [2.05, 4.69) is 10.4 Å². The van der Waals surface area contributed by atoms with Crippen LogP contribution >= 0.6 is 0 Å². The first-order chi connectivity index (χ1) is 12.5. The predicted molar refractivity (Wildman–Crippen MR) is 98.4 cm³/mol. The molecule has 2 aromatic rings. The zero-order valence-corrected chi connectivity index (χ0v) is 14.8. The number of para-hydroxylation sites is 1. The molecule has 1 amide bonds. The van der Waals surface area contributed by atoms with Gasteiger partial charge in [0.05, 0.1) is 6.42 Å². The van der Waals surface area contributed by atoms with Crippen LogP contribution in [0.4, 0.5) is 0 Å². The Hall–Kier alpha value is -2.84. The molecule has 2 aliphatic carbocycles. The van der Waals surface area contributed by atoms with Crippen LogP contribution in [0.5, 0.6) is 0 Å². The molecule has 0 radical (unpaired) electrons. The number of benzene rings is 1. The van der Waals surface area contributed by atoms with Crippen LogP contribution in [0.2, 0.25) is 0 Å². The number of nitrogens with two attached hydrogens (primary N) is 1. The summed E-state index contributed by atoms with van der Waals surface area (Å²) in [6.07, 6.45) is 5.57. The monoisotopic (exact) mass is 373 g/mol. The number of aromatic nitrogens is 1. The van der Waals surface area contributed by atoms with Crippen molar-refractivity contribution < 1.29 is 24.7 Å². The molecule has 8 nitrogen and oxygen atoms in total. The van der Waals surface area contributed by atoms with Gasteiger partial charge in [-0.1, -0.05) is 31.0 Å². The van der Waals surface area contributed by atoms with Crippen LogP contribution in [0.15, 0.2) is 30.5 Å². The lowest BCUT2D eigenvalue weighted by Crippen LogP contribution is -2.31. The number of nitrogens with one attached hydrogen (secondary N) is 2. The van der Waals surface area contributed by atoms with E-state index in [0.717, 1.165) is 42.1 Å². The van der Waals surface area contributed by atoms with Gasteiger partial charge >= 0.3 is 0 Å². The fourth-order valence-electron chi connectivity index (χ4n) is 3.72. The average molecular weight is 373 g/mol. The summed E-state index contributed by atoms with van der Waals surface area (Å²) < 4.78 is 0. The predicted octanol–water partition coefficient (Wildman–Crippen LogP) is 0.389. The maximum Gasteiger partial charge on any atom is 0.264 e. The number of Topliss-reactive ketones (excluding diaryl/α,β-unsaturated/α-hetero) is 3. The minimum atomic E-state index is -0.744. The second-order valence-corrected chi connectivity index (χ2v) is 6.66. The molecule has 144 valence electrons.